The van der Waals surface area contributed by atoms with Gasteiger partial charge in [-0.1, -0.05) is 56.3 Å². The van der Waals surface area contributed by atoms with E-state index in [0.717, 1.165) is 17.5 Å². The lowest BCUT2D eigenvalue weighted by molar-refractivity contribution is -0.122. The second kappa shape index (κ2) is 7.82. The number of fused-ring (bicyclic) bond motifs is 1. The van der Waals surface area contributed by atoms with E-state index in [1.54, 1.807) is 4.57 Å². The second-order valence-electron chi connectivity index (χ2n) is 7.77. The van der Waals surface area contributed by atoms with Crippen molar-refractivity contribution in [3.8, 4) is 0 Å². The summed E-state index contributed by atoms with van der Waals surface area (Å²) in [5.41, 5.74) is 2.68. The molecule has 0 saturated heterocycles. The van der Waals surface area contributed by atoms with Crippen molar-refractivity contribution in [2.24, 2.45) is 0 Å². The Morgan fingerprint density at radius 3 is 2.52 bits per heavy atom. The van der Waals surface area contributed by atoms with Gasteiger partial charge in [-0.15, -0.1) is 0 Å². The second-order valence-corrected chi connectivity index (χ2v) is 7.77. The molecule has 142 valence electrons. The molecule has 0 unspecified atom stereocenters. The van der Waals surface area contributed by atoms with Gasteiger partial charge in [-0.25, -0.2) is 4.79 Å². The normalized spacial score (nSPS) is 12.9. The van der Waals surface area contributed by atoms with Crippen molar-refractivity contribution in [3.05, 3.63) is 70.6 Å². The minimum absolute atomic E-state index is 0.0261. The molecule has 0 spiro atoms. The van der Waals surface area contributed by atoms with Crippen molar-refractivity contribution in [1.29, 1.82) is 0 Å². The van der Waals surface area contributed by atoms with E-state index in [1.165, 1.54) is 5.56 Å². The lowest BCUT2D eigenvalue weighted by Crippen LogP contribution is -2.37. The maximum atomic E-state index is 12.4. The quantitative estimate of drug-likeness (QED) is 0.672. The molecular formula is C22H27N3O2. The zero-order chi connectivity index (χ0) is 19.4. The summed E-state index contributed by atoms with van der Waals surface area (Å²) in [6, 6.07) is 17.9. The Balaban J connectivity index is 1.57. The maximum absolute atomic E-state index is 12.4. The van der Waals surface area contributed by atoms with Crippen LogP contribution in [0.25, 0.3) is 11.0 Å². The fourth-order valence-corrected chi connectivity index (χ4v) is 3.71. The number of nitrogens with zero attached hydrogens (tertiary/aromatic N) is 1. The molecule has 1 aromatic heterocycles. The van der Waals surface area contributed by atoms with Gasteiger partial charge >= 0.3 is 5.69 Å². The summed E-state index contributed by atoms with van der Waals surface area (Å²) in [6.45, 7) is 6.77. The van der Waals surface area contributed by atoms with Gasteiger partial charge in [-0.05, 0) is 36.5 Å². The van der Waals surface area contributed by atoms with Crippen molar-refractivity contribution >= 4 is 16.9 Å². The first-order chi connectivity index (χ1) is 12.9. The van der Waals surface area contributed by atoms with Crippen LogP contribution in [0.15, 0.2) is 59.4 Å². The van der Waals surface area contributed by atoms with Crippen LogP contribution in [0, 0.1) is 0 Å². The highest BCUT2D eigenvalue weighted by Crippen LogP contribution is 2.28. The monoisotopic (exact) mass is 365 g/mol. The SMILES string of the molecule is C[C@@H](CC(C)(C)c1ccccc1)NC(=O)CCn1c(=O)[nH]c2ccccc21. The summed E-state index contributed by atoms with van der Waals surface area (Å²) in [4.78, 5) is 27.3. The highest BCUT2D eigenvalue weighted by atomic mass is 16.2. The number of carbonyl (C=O) groups excluding carboxylic acids is 1. The number of nitrogens with one attached hydrogen (secondary N) is 2. The van der Waals surface area contributed by atoms with Crippen LogP contribution in [0.3, 0.4) is 0 Å². The van der Waals surface area contributed by atoms with Gasteiger partial charge < -0.3 is 10.3 Å². The zero-order valence-corrected chi connectivity index (χ0v) is 16.2. The van der Waals surface area contributed by atoms with Gasteiger partial charge in [0.05, 0.1) is 11.0 Å². The van der Waals surface area contributed by atoms with Crippen molar-refractivity contribution in [2.75, 3.05) is 0 Å². The molecule has 3 rings (SSSR count). The zero-order valence-electron chi connectivity index (χ0n) is 16.2. The Bertz CT molecular complexity index is 970. The molecule has 0 bridgehead atoms. The van der Waals surface area contributed by atoms with E-state index in [2.05, 4.69) is 36.3 Å². The third-order valence-electron chi connectivity index (χ3n) is 5.02. The molecule has 0 radical (unpaired) electrons. The highest BCUT2D eigenvalue weighted by Gasteiger charge is 2.24. The molecule has 2 N–H and O–H groups in total. The van der Waals surface area contributed by atoms with Crippen molar-refractivity contribution in [1.82, 2.24) is 14.9 Å². The standard InChI is InChI=1S/C22H27N3O2/c1-16(15-22(2,3)17-9-5-4-6-10-17)23-20(26)13-14-25-19-12-8-7-11-18(19)24-21(25)27/h4-12,16H,13-15H2,1-3H3,(H,23,26)(H,24,27)/t16-/m0/s1. The van der Waals surface area contributed by atoms with E-state index in [0.29, 0.717) is 6.54 Å². The molecule has 0 aliphatic carbocycles. The van der Waals surface area contributed by atoms with E-state index >= 15 is 0 Å². The van der Waals surface area contributed by atoms with E-state index in [-0.39, 0.29) is 29.5 Å². The summed E-state index contributed by atoms with van der Waals surface area (Å²) in [7, 11) is 0. The minimum Gasteiger partial charge on any atom is -0.354 e. The van der Waals surface area contributed by atoms with Crippen LogP contribution >= 0.6 is 0 Å². The van der Waals surface area contributed by atoms with Gasteiger partial charge in [0, 0.05) is 19.0 Å². The number of hydrogen-bond donors (Lipinski definition) is 2. The summed E-state index contributed by atoms with van der Waals surface area (Å²) in [5, 5.41) is 3.07. The number of aryl methyl sites for hydroxylation is 1. The van der Waals surface area contributed by atoms with E-state index in [4.69, 9.17) is 0 Å². The maximum Gasteiger partial charge on any atom is 0.326 e. The fraction of sp³-hybridized carbons (Fsp3) is 0.364. The lowest BCUT2D eigenvalue weighted by atomic mass is 9.79. The molecule has 1 heterocycles. The molecule has 1 atom stereocenters. The molecule has 27 heavy (non-hydrogen) atoms. The number of carbonyl (C=O) groups is 1. The fourth-order valence-electron chi connectivity index (χ4n) is 3.71. The summed E-state index contributed by atoms with van der Waals surface area (Å²) < 4.78 is 1.62. The molecule has 5 nitrogen and oxygen atoms in total. The number of benzene rings is 2. The average molecular weight is 365 g/mol. The molecule has 5 heteroatoms. The van der Waals surface area contributed by atoms with Crippen LogP contribution in [0.2, 0.25) is 0 Å². The number of amides is 1. The van der Waals surface area contributed by atoms with Crippen molar-refractivity contribution in [3.63, 3.8) is 0 Å². The number of imidazole rings is 1. The molecule has 3 aromatic rings. The summed E-state index contributed by atoms with van der Waals surface area (Å²) >= 11 is 0. The van der Waals surface area contributed by atoms with Gasteiger partial charge in [0.1, 0.15) is 0 Å². The van der Waals surface area contributed by atoms with Gasteiger partial charge in [-0.2, -0.15) is 0 Å². The number of aromatic nitrogens is 2. The topological polar surface area (TPSA) is 66.9 Å². The van der Waals surface area contributed by atoms with Gasteiger partial charge in [0.15, 0.2) is 0 Å². The molecule has 0 saturated carbocycles. The number of H-pyrrole nitrogens is 1. The third-order valence-corrected chi connectivity index (χ3v) is 5.02. The highest BCUT2D eigenvalue weighted by molar-refractivity contribution is 5.77. The Morgan fingerprint density at radius 2 is 1.78 bits per heavy atom. The van der Waals surface area contributed by atoms with E-state index in [9.17, 15) is 9.59 Å². The lowest BCUT2D eigenvalue weighted by Gasteiger charge is -2.29. The number of para-hydroxylation sites is 2. The first kappa shape index (κ1) is 19.0. The smallest absolute Gasteiger partial charge is 0.326 e. The Morgan fingerprint density at radius 1 is 1.11 bits per heavy atom. The van der Waals surface area contributed by atoms with Crippen LogP contribution in [0.1, 0.15) is 39.2 Å². The van der Waals surface area contributed by atoms with E-state index < -0.39 is 0 Å². The molecule has 0 aliphatic heterocycles. The van der Waals surface area contributed by atoms with Crippen LogP contribution in [0.4, 0.5) is 0 Å². The predicted octanol–water partition coefficient (Wildman–Crippen LogP) is 3.59. The molecule has 0 aliphatic rings. The predicted molar refractivity (Wildman–Crippen MR) is 109 cm³/mol. The Kier molecular flexibility index (Phi) is 5.49. The molecule has 0 fully saturated rings. The number of rotatable bonds is 7. The van der Waals surface area contributed by atoms with Gasteiger partial charge in [-0.3, -0.25) is 9.36 Å². The molecule has 1 amide bonds. The largest absolute Gasteiger partial charge is 0.354 e. The minimum atomic E-state index is -0.178. The Hall–Kier alpha value is -2.82. The third kappa shape index (κ3) is 4.48. The van der Waals surface area contributed by atoms with Crippen molar-refractivity contribution in [2.45, 2.75) is 51.6 Å². The van der Waals surface area contributed by atoms with Crippen LogP contribution in [-0.2, 0) is 16.8 Å². The molecular weight excluding hydrogens is 338 g/mol. The number of hydrogen-bond acceptors (Lipinski definition) is 2. The van der Waals surface area contributed by atoms with Crippen LogP contribution in [-0.4, -0.2) is 21.5 Å². The van der Waals surface area contributed by atoms with Gasteiger partial charge in [0.25, 0.3) is 0 Å². The average Bonchev–Trinajstić information content (AvgIpc) is 2.95. The Labute approximate surface area is 159 Å². The molecule has 2 aromatic carbocycles. The van der Waals surface area contributed by atoms with Gasteiger partial charge in [0.2, 0.25) is 5.91 Å². The van der Waals surface area contributed by atoms with Crippen molar-refractivity contribution < 1.29 is 4.79 Å². The van der Waals surface area contributed by atoms with E-state index in [1.807, 2.05) is 49.4 Å². The number of aromatic amines is 1. The first-order valence-electron chi connectivity index (χ1n) is 9.39. The first-order valence-corrected chi connectivity index (χ1v) is 9.39. The van der Waals surface area contributed by atoms with Crippen LogP contribution < -0.4 is 11.0 Å². The summed E-state index contributed by atoms with van der Waals surface area (Å²) in [6.07, 6.45) is 1.12. The van der Waals surface area contributed by atoms with Crippen LogP contribution in [0.5, 0.6) is 0 Å². The summed E-state index contributed by atoms with van der Waals surface area (Å²) in [5.74, 6) is -0.0384.